The molecule has 0 spiro atoms. The predicted molar refractivity (Wildman–Crippen MR) is 61.8 cm³/mol. The summed E-state index contributed by atoms with van der Waals surface area (Å²) >= 11 is 0. The molecule has 18 heavy (non-hydrogen) atoms. The third-order valence-electron chi connectivity index (χ3n) is 2.73. The van der Waals surface area contributed by atoms with Gasteiger partial charge in [-0.05, 0) is 6.54 Å². The number of amides is 2. The molecule has 0 aliphatic carbocycles. The van der Waals surface area contributed by atoms with Crippen molar-refractivity contribution in [2.24, 2.45) is 0 Å². The van der Waals surface area contributed by atoms with Crippen molar-refractivity contribution >= 4 is 18.0 Å². The van der Waals surface area contributed by atoms with E-state index in [1.807, 2.05) is 6.92 Å². The predicted octanol–water partition coefficient (Wildman–Crippen LogP) is -0.150. The lowest BCUT2D eigenvalue weighted by atomic mass is 10.3. The Kier molecular flexibility index (Phi) is 5.57. The molecular formula is C11H18N2O5. The summed E-state index contributed by atoms with van der Waals surface area (Å²) in [4.78, 5) is 36.9. The lowest BCUT2D eigenvalue weighted by Crippen LogP contribution is -2.41. The van der Waals surface area contributed by atoms with E-state index in [2.05, 4.69) is 4.74 Å². The summed E-state index contributed by atoms with van der Waals surface area (Å²) in [6.45, 7) is 3.57. The minimum atomic E-state index is -0.593. The Labute approximate surface area is 106 Å². The fourth-order valence-corrected chi connectivity index (χ4v) is 1.60. The molecule has 1 heterocycles. The second-order valence-electron chi connectivity index (χ2n) is 3.85. The van der Waals surface area contributed by atoms with E-state index in [4.69, 9.17) is 4.74 Å². The number of likely N-dealkylation sites (N-methyl/N-ethyl adjacent to an activating group) is 1. The molecule has 1 fully saturated rings. The van der Waals surface area contributed by atoms with Gasteiger partial charge in [-0.3, -0.25) is 14.5 Å². The minimum absolute atomic E-state index is 0.0998. The second kappa shape index (κ2) is 6.95. The number of imide groups is 1. The average molecular weight is 258 g/mol. The van der Waals surface area contributed by atoms with Gasteiger partial charge in [0, 0.05) is 6.54 Å². The number of nitrogens with zero attached hydrogens (tertiary/aromatic N) is 2. The number of cyclic esters (lactones) is 1. The number of hydrogen-bond donors (Lipinski definition) is 0. The molecule has 1 saturated heterocycles. The summed E-state index contributed by atoms with van der Waals surface area (Å²) in [6, 6.07) is 0. The van der Waals surface area contributed by atoms with Crippen LogP contribution in [-0.2, 0) is 19.1 Å². The number of carbonyl (C=O) groups excluding carboxylic acids is 3. The first kappa shape index (κ1) is 14.4. The lowest BCUT2D eigenvalue weighted by Gasteiger charge is -2.21. The topological polar surface area (TPSA) is 76.2 Å². The van der Waals surface area contributed by atoms with Crippen molar-refractivity contribution in [2.45, 2.75) is 13.3 Å². The molecule has 0 atom stereocenters. The molecule has 1 rings (SSSR count). The van der Waals surface area contributed by atoms with Crippen LogP contribution in [0, 0.1) is 0 Å². The first-order valence-corrected chi connectivity index (χ1v) is 5.84. The minimum Gasteiger partial charge on any atom is -0.469 e. The summed E-state index contributed by atoms with van der Waals surface area (Å²) in [5.41, 5.74) is 0. The maximum atomic E-state index is 11.8. The largest absolute Gasteiger partial charge is 0.469 e. The molecular weight excluding hydrogens is 240 g/mol. The molecule has 0 aromatic rings. The Balaban J connectivity index is 2.40. The van der Waals surface area contributed by atoms with Crippen molar-refractivity contribution in [3.8, 4) is 0 Å². The van der Waals surface area contributed by atoms with Crippen LogP contribution in [0.4, 0.5) is 4.79 Å². The molecule has 2 amide bonds. The molecule has 102 valence electrons. The summed E-state index contributed by atoms with van der Waals surface area (Å²) in [6.07, 6.45) is -0.369. The molecule has 0 bridgehead atoms. The first-order valence-electron chi connectivity index (χ1n) is 5.84. The molecule has 0 aromatic carbocycles. The molecule has 0 saturated carbocycles. The second-order valence-corrected chi connectivity index (χ2v) is 3.85. The number of esters is 1. The van der Waals surface area contributed by atoms with E-state index < -0.39 is 6.09 Å². The highest BCUT2D eigenvalue weighted by atomic mass is 16.6. The number of methoxy groups -OCH3 is 1. The number of ether oxygens (including phenoxy) is 2. The Bertz CT molecular complexity index is 331. The highest BCUT2D eigenvalue weighted by Gasteiger charge is 2.29. The van der Waals surface area contributed by atoms with Crippen LogP contribution in [0.3, 0.4) is 0 Å². The number of rotatable bonds is 6. The summed E-state index contributed by atoms with van der Waals surface area (Å²) in [5.74, 6) is -0.620. The quantitative estimate of drug-likeness (QED) is 0.617. The van der Waals surface area contributed by atoms with Crippen LogP contribution < -0.4 is 0 Å². The van der Waals surface area contributed by atoms with E-state index in [-0.39, 0.29) is 31.4 Å². The van der Waals surface area contributed by atoms with Crippen molar-refractivity contribution in [1.29, 1.82) is 0 Å². The number of carbonyl (C=O) groups is 3. The molecule has 1 aliphatic heterocycles. The van der Waals surface area contributed by atoms with Crippen molar-refractivity contribution in [1.82, 2.24) is 9.80 Å². The van der Waals surface area contributed by atoms with Gasteiger partial charge in [0.15, 0.2) is 0 Å². The Morgan fingerprint density at radius 2 is 2.22 bits per heavy atom. The Morgan fingerprint density at radius 3 is 2.72 bits per heavy atom. The molecule has 1 aliphatic rings. The van der Waals surface area contributed by atoms with E-state index in [1.54, 1.807) is 4.90 Å². The third kappa shape index (κ3) is 3.99. The Morgan fingerprint density at radius 1 is 1.50 bits per heavy atom. The monoisotopic (exact) mass is 258 g/mol. The van der Waals surface area contributed by atoms with E-state index in [9.17, 15) is 14.4 Å². The van der Waals surface area contributed by atoms with E-state index >= 15 is 0 Å². The standard InChI is InChI=1S/C11H18N2O5/c1-3-12(5-4-10(15)17-2)8-9(14)13-6-7-18-11(13)16/h3-8H2,1-2H3. The third-order valence-corrected chi connectivity index (χ3v) is 2.73. The fraction of sp³-hybridized carbons (Fsp3) is 0.727. The summed E-state index contributed by atoms with van der Waals surface area (Å²) in [7, 11) is 1.32. The maximum Gasteiger partial charge on any atom is 0.416 e. The van der Waals surface area contributed by atoms with Gasteiger partial charge in [-0.25, -0.2) is 9.69 Å². The van der Waals surface area contributed by atoms with Crippen LogP contribution in [0.2, 0.25) is 0 Å². The normalized spacial score (nSPS) is 14.8. The van der Waals surface area contributed by atoms with Gasteiger partial charge in [-0.1, -0.05) is 6.92 Å². The van der Waals surface area contributed by atoms with Gasteiger partial charge in [0.1, 0.15) is 6.61 Å². The lowest BCUT2D eigenvalue weighted by molar-refractivity contribution is -0.141. The van der Waals surface area contributed by atoms with E-state index in [1.165, 1.54) is 7.11 Å². The van der Waals surface area contributed by atoms with Gasteiger partial charge in [0.05, 0.1) is 26.6 Å². The van der Waals surface area contributed by atoms with E-state index in [0.29, 0.717) is 19.6 Å². The molecule has 0 N–H and O–H groups in total. The van der Waals surface area contributed by atoms with Gasteiger partial charge in [0.25, 0.3) is 0 Å². The van der Waals surface area contributed by atoms with Crippen LogP contribution >= 0.6 is 0 Å². The van der Waals surface area contributed by atoms with Crippen molar-refractivity contribution in [2.75, 3.05) is 39.9 Å². The van der Waals surface area contributed by atoms with Gasteiger partial charge < -0.3 is 9.47 Å². The smallest absolute Gasteiger partial charge is 0.416 e. The van der Waals surface area contributed by atoms with Gasteiger partial charge in [0.2, 0.25) is 5.91 Å². The molecule has 7 nitrogen and oxygen atoms in total. The Hall–Kier alpha value is -1.63. The highest BCUT2D eigenvalue weighted by molar-refractivity contribution is 5.94. The summed E-state index contributed by atoms with van der Waals surface area (Å²) < 4.78 is 9.22. The number of hydrogen-bond acceptors (Lipinski definition) is 6. The molecule has 0 radical (unpaired) electrons. The average Bonchev–Trinajstić information content (AvgIpc) is 2.80. The van der Waals surface area contributed by atoms with Crippen LogP contribution in [0.5, 0.6) is 0 Å². The maximum absolute atomic E-state index is 11.8. The van der Waals surface area contributed by atoms with Gasteiger partial charge in [-0.15, -0.1) is 0 Å². The zero-order valence-corrected chi connectivity index (χ0v) is 10.7. The van der Waals surface area contributed by atoms with E-state index in [0.717, 1.165) is 4.90 Å². The zero-order valence-electron chi connectivity index (χ0n) is 10.7. The SMILES string of the molecule is CCN(CCC(=O)OC)CC(=O)N1CCOC1=O. The van der Waals surface area contributed by atoms with Gasteiger partial charge in [-0.2, -0.15) is 0 Å². The van der Waals surface area contributed by atoms with Crippen molar-refractivity contribution < 1.29 is 23.9 Å². The van der Waals surface area contributed by atoms with Crippen molar-refractivity contribution in [3.63, 3.8) is 0 Å². The molecule has 7 heteroatoms. The van der Waals surface area contributed by atoms with Crippen LogP contribution in [0.1, 0.15) is 13.3 Å². The summed E-state index contributed by atoms with van der Waals surface area (Å²) in [5, 5.41) is 0. The molecule has 0 unspecified atom stereocenters. The highest BCUT2D eigenvalue weighted by Crippen LogP contribution is 2.05. The molecule has 0 aromatic heterocycles. The van der Waals surface area contributed by atoms with Crippen molar-refractivity contribution in [3.05, 3.63) is 0 Å². The fourth-order valence-electron chi connectivity index (χ4n) is 1.60. The zero-order chi connectivity index (χ0) is 13.5. The van der Waals surface area contributed by atoms with Crippen LogP contribution in [0.15, 0.2) is 0 Å². The van der Waals surface area contributed by atoms with Gasteiger partial charge >= 0.3 is 12.1 Å². The van der Waals surface area contributed by atoms with Crippen LogP contribution in [0.25, 0.3) is 0 Å². The van der Waals surface area contributed by atoms with Crippen LogP contribution in [-0.4, -0.2) is 67.7 Å². The first-order chi connectivity index (χ1) is 8.58.